The minimum Gasteiger partial charge on any atom is -0.493 e. The molecule has 0 fully saturated rings. The van der Waals surface area contributed by atoms with Gasteiger partial charge in [-0.25, -0.2) is 4.79 Å². The second-order valence-corrected chi connectivity index (χ2v) is 6.53. The molecule has 0 aromatic heterocycles. The Hall–Kier alpha value is -1.76. The molecule has 7 heteroatoms. The largest absolute Gasteiger partial charge is 0.493 e. The van der Waals surface area contributed by atoms with Crippen molar-refractivity contribution >= 4 is 27.8 Å². The smallest absolute Gasteiger partial charge is 0.338 e. The number of amides is 1. The number of nitrogens with one attached hydrogen (secondary N) is 1. The molecule has 1 aromatic rings. The van der Waals surface area contributed by atoms with E-state index >= 15 is 0 Å². The van der Waals surface area contributed by atoms with Gasteiger partial charge in [0.25, 0.3) is 5.91 Å². The van der Waals surface area contributed by atoms with Crippen molar-refractivity contribution in [3.8, 4) is 11.5 Å². The molecule has 6 nitrogen and oxygen atoms in total. The zero-order chi connectivity index (χ0) is 18.8. The first-order chi connectivity index (χ1) is 11.9. The molecule has 0 radical (unpaired) electrons. The molecule has 0 saturated heterocycles. The quantitative estimate of drug-likeness (QED) is 0.589. The van der Waals surface area contributed by atoms with Crippen molar-refractivity contribution in [1.82, 2.24) is 5.32 Å². The molecule has 0 aliphatic rings. The highest BCUT2D eigenvalue weighted by atomic mass is 79.9. The van der Waals surface area contributed by atoms with Gasteiger partial charge < -0.3 is 19.5 Å². The monoisotopic (exact) mass is 415 g/mol. The summed E-state index contributed by atoms with van der Waals surface area (Å²) in [5.41, 5.74) is 0.280. The van der Waals surface area contributed by atoms with E-state index in [-0.39, 0.29) is 24.1 Å². The Balaban J connectivity index is 2.72. The van der Waals surface area contributed by atoms with Crippen LogP contribution in [-0.2, 0) is 9.53 Å². The van der Waals surface area contributed by atoms with Gasteiger partial charge in [0.15, 0.2) is 18.1 Å². The topological polar surface area (TPSA) is 73.9 Å². The van der Waals surface area contributed by atoms with Crippen LogP contribution < -0.4 is 14.8 Å². The molecule has 25 heavy (non-hydrogen) atoms. The zero-order valence-corrected chi connectivity index (χ0v) is 16.8. The van der Waals surface area contributed by atoms with Crippen LogP contribution >= 0.6 is 15.9 Å². The number of hydrogen-bond acceptors (Lipinski definition) is 5. The lowest BCUT2D eigenvalue weighted by molar-refractivity contribution is -0.124. The lowest BCUT2D eigenvalue weighted by Gasteiger charge is -2.14. The summed E-state index contributed by atoms with van der Waals surface area (Å²) in [6, 6.07) is 3.18. The fourth-order valence-electron chi connectivity index (χ4n) is 2.22. The molecule has 1 rings (SSSR count). The molecule has 0 bridgehead atoms. The van der Waals surface area contributed by atoms with Crippen LogP contribution in [-0.4, -0.2) is 38.2 Å². The summed E-state index contributed by atoms with van der Waals surface area (Å²) in [6.07, 6.45) is 2.70. The second-order valence-electron chi connectivity index (χ2n) is 5.67. The molecule has 0 aliphatic carbocycles. The SMILES string of the molecule is CCCOc1c(Br)cc(C(=O)OCC(=O)NC(C)CCC)cc1OC. The molecule has 1 aromatic carbocycles. The van der Waals surface area contributed by atoms with Crippen LogP contribution in [0, 0.1) is 0 Å². The fourth-order valence-corrected chi connectivity index (χ4v) is 2.77. The van der Waals surface area contributed by atoms with E-state index in [1.54, 1.807) is 6.07 Å². The molecule has 1 amide bonds. The van der Waals surface area contributed by atoms with E-state index in [2.05, 4.69) is 21.2 Å². The summed E-state index contributed by atoms with van der Waals surface area (Å²) in [5, 5.41) is 2.78. The van der Waals surface area contributed by atoms with Gasteiger partial charge in [-0.05, 0) is 47.8 Å². The summed E-state index contributed by atoms with van der Waals surface area (Å²) in [5.74, 6) is 0.0467. The predicted molar refractivity (Wildman–Crippen MR) is 99.3 cm³/mol. The number of carbonyl (C=O) groups is 2. The molecule has 0 aliphatic heterocycles. The Bertz CT molecular complexity index is 591. The van der Waals surface area contributed by atoms with Crippen molar-refractivity contribution in [3.05, 3.63) is 22.2 Å². The Morgan fingerprint density at radius 2 is 1.96 bits per heavy atom. The summed E-state index contributed by atoms with van der Waals surface area (Å²) in [7, 11) is 1.50. The van der Waals surface area contributed by atoms with Crippen LogP contribution in [0.25, 0.3) is 0 Å². The van der Waals surface area contributed by atoms with Gasteiger partial charge in [-0.1, -0.05) is 20.3 Å². The van der Waals surface area contributed by atoms with Gasteiger partial charge in [-0.3, -0.25) is 4.79 Å². The van der Waals surface area contributed by atoms with Crippen molar-refractivity contribution in [2.45, 2.75) is 46.1 Å². The minimum atomic E-state index is -0.598. The Labute approximate surface area is 157 Å². The number of halogens is 1. The predicted octanol–water partition coefficient (Wildman–Crippen LogP) is 3.71. The number of esters is 1. The van der Waals surface area contributed by atoms with E-state index in [0.717, 1.165) is 19.3 Å². The van der Waals surface area contributed by atoms with Gasteiger partial charge in [0.2, 0.25) is 0 Å². The Kier molecular flexibility index (Phi) is 9.34. The first kappa shape index (κ1) is 21.3. The van der Waals surface area contributed by atoms with Gasteiger partial charge in [-0.2, -0.15) is 0 Å². The average Bonchev–Trinajstić information content (AvgIpc) is 2.58. The lowest BCUT2D eigenvalue weighted by atomic mass is 10.2. The molecule has 1 N–H and O–H groups in total. The maximum atomic E-state index is 12.2. The second kappa shape index (κ2) is 11.0. The van der Waals surface area contributed by atoms with Crippen LogP contribution in [0.3, 0.4) is 0 Å². The lowest BCUT2D eigenvalue weighted by Crippen LogP contribution is -2.35. The third kappa shape index (κ3) is 6.94. The molecular weight excluding hydrogens is 390 g/mol. The average molecular weight is 416 g/mol. The van der Waals surface area contributed by atoms with Crippen molar-refractivity contribution in [3.63, 3.8) is 0 Å². The Morgan fingerprint density at radius 3 is 2.56 bits per heavy atom. The van der Waals surface area contributed by atoms with E-state index in [0.29, 0.717) is 22.6 Å². The van der Waals surface area contributed by atoms with Gasteiger partial charge in [0, 0.05) is 6.04 Å². The third-order valence-electron chi connectivity index (χ3n) is 3.38. The third-order valence-corrected chi connectivity index (χ3v) is 3.97. The standard InChI is InChI=1S/C18H26BrNO5/c1-5-7-12(3)20-16(21)11-25-18(22)13-9-14(19)17(24-8-6-2)15(10-13)23-4/h9-10,12H,5-8,11H2,1-4H3,(H,20,21). The number of ether oxygens (including phenoxy) is 3. The van der Waals surface area contributed by atoms with E-state index in [1.807, 2.05) is 20.8 Å². The minimum absolute atomic E-state index is 0.0560. The molecular formula is C18H26BrNO5. The van der Waals surface area contributed by atoms with Crippen LogP contribution in [0.1, 0.15) is 50.4 Å². The number of hydrogen-bond donors (Lipinski definition) is 1. The van der Waals surface area contributed by atoms with Crippen LogP contribution in [0.4, 0.5) is 0 Å². The van der Waals surface area contributed by atoms with E-state index in [1.165, 1.54) is 13.2 Å². The van der Waals surface area contributed by atoms with Crippen LogP contribution in [0.5, 0.6) is 11.5 Å². The highest BCUT2D eigenvalue weighted by Crippen LogP contribution is 2.36. The first-order valence-electron chi connectivity index (χ1n) is 8.39. The fraction of sp³-hybridized carbons (Fsp3) is 0.556. The number of rotatable bonds is 10. The Morgan fingerprint density at radius 1 is 1.24 bits per heavy atom. The highest BCUT2D eigenvalue weighted by molar-refractivity contribution is 9.10. The van der Waals surface area contributed by atoms with Crippen molar-refractivity contribution < 1.29 is 23.8 Å². The summed E-state index contributed by atoms with van der Waals surface area (Å²) >= 11 is 3.38. The van der Waals surface area contributed by atoms with E-state index in [9.17, 15) is 9.59 Å². The number of benzene rings is 1. The van der Waals surface area contributed by atoms with Gasteiger partial charge in [-0.15, -0.1) is 0 Å². The van der Waals surface area contributed by atoms with Crippen molar-refractivity contribution in [2.75, 3.05) is 20.3 Å². The van der Waals surface area contributed by atoms with Gasteiger partial charge >= 0.3 is 5.97 Å². The summed E-state index contributed by atoms with van der Waals surface area (Å²) in [6.45, 7) is 6.18. The van der Waals surface area contributed by atoms with Crippen molar-refractivity contribution in [2.24, 2.45) is 0 Å². The molecule has 0 heterocycles. The highest BCUT2D eigenvalue weighted by Gasteiger charge is 2.17. The molecule has 1 unspecified atom stereocenters. The molecule has 0 saturated carbocycles. The van der Waals surface area contributed by atoms with Gasteiger partial charge in [0.1, 0.15) is 0 Å². The number of methoxy groups -OCH3 is 1. The van der Waals surface area contributed by atoms with Crippen LogP contribution in [0.2, 0.25) is 0 Å². The first-order valence-corrected chi connectivity index (χ1v) is 9.18. The van der Waals surface area contributed by atoms with E-state index in [4.69, 9.17) is 14.2 Å². The number of carbonyl (C=O) groups excluding carboxylic acids is 2. The molecule has 140 valence electrons. The van der Waals surface area contributed by atoms with Crippen LogP contribution in [0.15, 0.2) is 16.6 Å². The van der Waals surface area contributed by atoms with E-state index < -0.39 is 5.97 Å². The maximum absolute atomic E-state index is 12.2. The summed E-state index contributed by atoms with van der Waals surface area (Å²) < 4.78 is 16.6. The molecule has 1 atom stereocenters. The van der Waals surface area contributed by atoms with Gasteiger partial charge in [0.05, 0.1) is 23.8 Å². The maximum Gasteiger partial charge on any atom is 0.338 e. The summed E-state index contributed by atoms with van der Waals surface area (Å²) in [4.78, 5) is 24.0. The molecule has 0 spiro atoms. The normalized spacial score (nSPS) is 11.6. The zero-order valence-electron chi connectivity index (χ0n) is 15.2. The van der Waals surface area contributed by atoms with Crippen molar-refractivity contribution in [1.29, 1.82) is 0 Å².